The summed E-state index contributed by atoms with van der Waals surface area (Å²) in [5.41, 5.74) is 0.981. The van der Waals surface area contributed by atoms with Crippen LogP contribution in [-0.4, -0.2) is 47.4 Å². The van der Waals surface area contributed by atoms with Crippen LogP contribution >= 0.6 is 0 Å². The average Bonchev–Trinajstić information content (AvgIpc) is 3.15. The summed E-state index contributed by atoms with van der Waals surface area (Å²) in [5.74, 6) is -0.302. The molecule has 1 aromatic carbocycles. The lowest BCUT2D eigenvalue weighted by molar-refractivity contribution is -0.123. The summed E-state index contributed by atoms with van der Waals surface area (Å²) >= 11 is 0. The minimum Gasteiger partial charge on any atom is -0.358 e. The van der Waals surface area contributed by atoms with E-state index in [1.165, 1.54) is 32.6 Å². The number of imidazole rings is 1. The molecule has 2 aromatic rings. The third-order valence-electron chi connectivity index (χ3n) is 4.60. The number of fused-ring (bicyclic) bond motifs is 1. The Morgan fingerprint density at radius 2 is 1.88 bits per heavy atom. The first kappa shape index (κ1) is 16.7. The van der Waals surface area contributed by atoms with Gasteiger partial charge >= 0.3 is 5.69 Å². The van der Waals surface area contributed by atoms with Crippen LogP contribution in [0.2, 0.25) is 0 Å². The molecule has 1 amide bonds. The fourth-order valence-electron chi connectivity index (χ4n) is 3.24. The van der Waals surface area contributed by atoms with Crippen LogP contribution in [0.1, 0.15) is 12.8 Å². The number of nitrogens with one attached hydrogen (secondary N) is 1. The van der Waals surface area contributed by atoms with Crippen molar-refractivity contribution in [1.82, 2.24) is 18.8 Å². The van der Waals surface area contributed by atoms with Gasteiger partial charge in [0, 0.05) is 27.7 Å². The highest BCUT2D eigenvalue weighted by Gasteiger charge is 2.39. The van der Waals surface area contributed by atoms with Crippen molar-refractivity contribution in [2.75, 3.05) is 13.6 Å². The van der Waals surface area contributed by atoms with E-state index >= 15 is 0 Å². The van der Waals surface area contributed by atoms with E-state index in [4.69, 9.17) is 0 Å². The van der Waals surface area contributed by atoms with Gasteiger partial charge in [-0.15, -0.1) is 0 Å². The molecule has 1 N–H and O–H groups in total. The van der Waals surface area contributed by atoms with E-state index < -0.39 is 16.1 Å². The lowest BCUT2D eigenvalue weighted by atomic mass is 10.2. The smallest absolute Gasteiger partial charge is 0.328 e. The van der Waals surface area contributed by atoms with Gasteiger partial charge in [-0.05, 0) is 31.0 Å². The quantitative estimate of drug-likeness (QED) is 0.826. The molecule has 3 rings (SSSR count). The largest absolute Gasteiger partial charge is 0.358 e. The summed E-state index contributed by atoms with van der Waals surface area (Å²) in [6.45, 7) is 0.312. The number of hydrogen-bond donors (Lipinski definition) is 1. The van der Waals surface area contributed by atoms with E-state index in [9.17, 15) is 18.0 Å². The van der Waals surface area contributed by atoms with Crippen molar-refractivity contribution in [2.24, 2.45) is 14.1 Å². The minimum absolute atomic E-state index is 0.0898. The molecule has 0 bridgehead atoms. The van der Waals surface area contributed by atoms with Crippen LogP contribution in [-0.2, 0) is 28.9 Å². The van der Waals surface area contributed by atoms with Crippen LogP contribution in [0.5, 0.6) is 0 Å². The molecular weight excluding hydrogens is 332 g/mol. The molecule has 2 heterocycles. The third-order valence-corrected chi connectivity index (χ3v) is 6.51. The number of carbonyl (C=O) groups is 1. The number of nitrogens with zero attached hydrogens (tertiary/aromatic N) is 3. The minimum atomic E-state index is -3.81. The van der Waals surface area contributed by atoms with Crippen LogP contribution in [0.25, 0.3) is 11.0 Å². The Kier molecular flexibility index (Phi) is 4.00. The highest BCUT2D eigenvalue weighted by atomic mass is 32.2. The third kappa shape index (κ3) is 2.35. The van der Waals surface area contributed by atoms with Gasteiger partial charge < -0.3 is 5.32 Å². The fourth-order valence-corrected chi connectivity index (χ4v) is 4.92. The number of hydrogen-bond acceptors (Lipinski definition) is 4. The Bertz CT molecular complexity index is 973. The first-order chi connectivity index (χ1) is 11.3. The number of benzene rings is 1. The Labute approximate surface area is 139 Å². The number of aromatic nitrogens is 2. The highest BCUT2D eigenvalue weighted by Crippen LogP contribution is 2.27. The molecule has 1 atom stereocenters. The maximum Gasteiger partial charge on any atom is 0.328 e. The monoisotopic (exact) mass is 352 g/mol. The van der Waals surface area contributed by atoms with Crippen molar-refractivity contribution < 1.29 is 13.2 Å². The number of likely N-dealkylation sites (N-methyl/N-ethyl adjacent to an activating group) is 1. The Morgan fingerprint density at radius 3 is 2.54 bits per heavy atom. The Morgan fingerprint density at radius 1 is 1.21 bits per heavy atom. The normalized spacial score (nSPS) is 19.0. The average molecular weight is 352 g/mol. The van der Waals surface area contributed by atoms with Crippen molar-refractivity contribution in [1.29, 1.82) is 0 Å². The molecule has 1 fully saturated rings. The number of amides is 1. The number of sulfonamides is 1. The van der Waals surface area contributed by atoms with E-state index in [1.807, 2.05) is 0 Å². The fraction of sp³-hybridized carbons (Fsp3) is 0.467. The molecule has 1 unspecified atom stereocenters. The molecule has 0 aliphatic carbocycles. The van der Waals surface area contributed by atoms with Crippen molar-refractivity contribution >= 4 is 27.0 Å². The summed E-state index contributed by atoms with van der Waals surface area (Å²) in [5, 5.41) is 2.52. The van der Waals surface area contributed by atoms with Gasteiger partial charge in [-0.25, -0.2) is 13.2 Å². The molecular formula is C15H20N4O4S. The van der Waals surface area contributed by atoms with Gasteiger partial charge in [0.05, 0.1) is 15.9 Å². The summed E-state index contributed by atoms with van der Waals surface area (Å²) in [6, 6.07) is 3.91. The lowest BCUT2D eigenvalue weighted by Crippen LogP contribution is -2.44. The summed E-state index contributed by atoms with van der Waals surface area (Å²) in [6.07, 6.45) is 1.15. The standard InChI is InChI=1S/C15H20N4O4S/c1-16-14(20)12-5-4-8-19(12)24(22,23)10-6-7-11-13(9-10)18(3)15(21)17(11)2/h6-7,9,12H,4-5,8H2,1-3H3,(H,16,20). The van der Waals surface area contributed by atoms with E-state index in [0.717, 1.165) is 0 Å². The zero-order chi connectivity index (χ0) is 17.6. The first-order valence-electron chi connectivity index (χ1n) is 7.68. The van der Waals surface area contributed by atoms with Gasteiger partial charge in [-0.3, -0.25) is 13.9 Å². The van der Waals surface area contributed by atoms with Gasteiger partial charge in [0.2, 0.25) is 15.9 Å². The molecule has 9 heteroatoms. The molecule has 130 valence electrons. The van der Waals surface area contributed by atoms with E-state index in [-0.39, 0.29) is 16.5 Å². The van der Waals surface area contributed by atoms with Gasteiger partial charge in [-0.1, -0.05) is 0 Å². The van der Waals surface area contributed by atoms with Gasteiger partial charge in [0.15, 0.2) is 0 Å². The van der Waals surface area contributed by atoms with Crippen LogP contribution in [0.4, 0.5) is 0 Å². The maximum atomic E-state index is 13.0. The molecule has 0 radical (unpaired) electrons. The zero-order valence-electron chi connectivity index (χ0n) is 13.8. The van der Waals surface area contributed by atoms with Crippen LogP contribution < -0.4 is 11.0 Å². The van der Waals surface area contributed by atoms with Gasteiger partial charge in [-0.2, -0.15) is 4.31 Å². The Balaban J connectivity index is 2.10. The number of rotatable bonds is 3. The van der Waals surface area contributed by atoms with E-state index in [2.05, 4.69) is 5.32 Å². The highest BCUT2D eigenvalue weighted by molar-refractivity contribution is 7.89. The first-order valence-corrected chi connectivity index (χ1v) is 9.12. The molecule has 0 spiro atoms. The Hall–Kier alpha value is -2.13. The number of carbonyl (C=O) groups excluding carboxylic acids is 1. The van der Waals surface area contributed by atoms with Crippen LogP contribution in [0.15, 0.2) is 27.9 Å². The number of aryl methyl sites for hydroxylation is 2. The summed E-state index contributed by atoms with van der Waals surface area (Å²) < 4.78 is 30.0. The lowest BCUT2D eigenvalue weighted by Gasteiger charge is -2.22. The predicted molar refractivity (Wildman–Crippen MR) is 89.1 cm³/mol. The molecule has 1 saturated heterocycles. The van der Waals surface area contributed by atoms with Crippen molar-refractivity contribution in [3.63, 3.8) is 0 Å². The second-order valence-corrected chi connectivity index (χ2v) is 7.83. The van der Waals surface area contributed by atoms with E-state index in [0.29, 0.717) is 30.4 Å². The second kappa shape index (κ2) is 5.75. The molecule has 1 aliphatic rings. The van der Waals surface area contributed by atoms with Gasteiger partial charge in [0.1, 0.15) is 6.04 Å². The molecule has 8 nitrogen and oxygen atoms in total. The van der Waals surface area contributed by atoms with Gasteiger partial charge in [0.25, 0.3) is 0 Å². The zero-order valence-corrected chi connectivity index (χ0v) is 14.6. The maximum absolute atomic E-state index is 13.0. The predicted octanol–water partition coefficient (Wildman–Crippen LogP) is -0.224. The van der Waals surface area contributed by atoms with Crippen molar-refractivity contribution in [3.05, 3.63) is 28.7 Å². The topological polar surface area (TPSA) is 93.4 Å². The SMILES string of the molecule is CNC(=O)C1CCCN1S(=O)(=O)c1ccc2c(c1)n(C)c(=O)n2C. The molecule has 24 heavy (non-hydrogen) atoms. The van der Waals surface area contributed by atoms with Crippen LogP contribution in [0.3, 0.4) is 0 Å². The molecule has 0 saturated carbocycles. The van der Waals surface area contributed by atoms with Crippen molar-refractivity contribution in [2.45, 2.75) is 23.8 Å². The summed E-state index contributed by atoms with van der Waals surface area (Å²) in [7, 11) is 0.932. The molecule has 1 aliphatic heterocycles. The van der Waals surface area contributed by atoms with Crippen molar-refractivity contribution in [3.8, 4) is 0 Å². The molecule has 1 aromatic heterocycles. The van der Waals surface area contributed by atoms with E-state index in [1.54, 1.807) is 20.2 Å². The summed E-state index contributed by atoms with van der Waals surface area (Å²) in [4.78, 5) is 24.0. The van der Waals surface area contributed by atoms with Crippen LogP contribution in [0, 0.1) is 0 Å². The second-order valence-electron chi connectivity index (χ2n) is 5.94.